The molecule has 0 aromatic heterocycles. The molecule has 0 spiro atoms. The molecule has 0 aromatic carbocycles. The maximum absolute atomic E-state index is 11.4. The number of rotatable bonds is 5. The van der Waals surface area contributed by atoms with Crippen LogP contribution in [0.3, 0.4) is 0 Å². The maximum Gasteiger partial charge on any atom is 0.314 e. The van der Waals surface area contributed by atoms with Gasteiger partial charge >= 0.3 is 12.0 Å². The van der Waals surface area contributed by atoms with E-state index in [9.17, 15) is 9.59 Å². The van der Waals surface area contributed by atoms with Crippen molar-refractivity contribution < 1.29 is 14.7 Å². The topological polar surface area (TPSA) is 78.4 Å². The van der Waals surface area contributed by atoms with E-state index in [-0.39, 0.29) is 18.0 Å². The van der Waals surface area contributed by atoms with Crippen LogP contribution in [0.25, 0.3) is 0 Å². The minimum Gasteiger partial charge on any atom is -0.481 e. The summed E-state index contributed by atoms with van der Waals surface area (Å²) < 4.78 is 0. The zero-order chi connectivity index (χ0) is 13.6. The highest BCUT2D eigenvalue weighted by atomic mass is 16.4. The third-order valence-corrected chi connectivity index (χ3v) is 3.04. The lowest BCUT2D eigenvalue weighted by Gasteiger charge is -2.27. The third kappa shape index (κ3) is 6.81. The summed E-state index contributed by atoms with van der Waals surface area (Å²) >= 11 is 0. The van der Waals surface area contributed by atoms with Gasteiger partial charge in [0, 0.05) is 13.1 Å². The van der Waals surface area contributed by atoms with Gasteiger partial charge in [0.2, 0.25) is 0 Å². The second-order valence-corrected chi connectivity index (χ2v) is 5.60. The van der Waals surface area contributed by atoms with Crippen LogP contribution in [0.15, 0.2) is 0 Å². The number of hydrogen-bond acceptors (Lipinski definition) is 2. The Morgan fingerprint density at radius 2 is 1.59 bits per heavy atom. The first kappa shape index (κ1) is 15.7. The molecule has 5 heteroatoms. The molecule has 0 saturated heterocycles. The SMILES string of the molecule is CC(CNC(=O)NCC(C)C(C)(C)C)C(=O)O. The zero-order valence-electron chi connectivity index (χ0n) is 11.3. The maximum atomic E-state index is 11.4. The van der Waals surface area contributed by atoms with Gasteiger partial charge in [-0.25, -0.2) is 4.79 Å². The van der Waals surface area contributed by atoms with Crippen molar-refractivity contribution in [3.05, 3.63) is 0 Å². The molecule has 0 aliphatic heterocycles. The van der Waals surface area contributed by atoms with Gasteiger partial charge in [0.1, 0.15) is 0 Å². The molecule has 5 nitrogen and oxygen atoms in total. The summed E-state index contributed by atoms with van der Waals surface area (Å²) in [5.41, 5.74) is 0.141. The Balaban J connectivity index is 3.85. The molecule has 0 aliphatic carbocycles. The van der Waals surface area contributed by atoms with Crippen molar-refractivity contribution in [1.29, 1.82) is 0 Å². The van der Waals surface area contributed by atoms with E-state index in [1.54, 1.807) is 6.92 Å². The molecule has 0 rings (SSSR count). The van der Waals surface area contributed by atoms with E-state index in [1.807, 2.05) is 0 Å². The smallest absolute Gasteiger partial charge is 0.314 e. The number of urea groups is 1. The predicted octanol–water partition coefficient (Wildman–Crippen LogP) is 1.69. The zero-order valence-corrected chi connectivity index (χ0v) is 11.3. The Bertz CT molecular complexity index is 271. The number of hydrogen-bond donors (Lipinski definition) is 3. The predicted molar refractivity (Wildman–Crippen MR) is 66.8 cm³/mol. The van der Waals surface area contributed by atoms with Crippen LogP contribution in [-0.2, 0) is 4.79 Å². The first-order chi connectivity index (χ1) is 7.64. The average Bonchev–Trinajstić information content (AvgIpc) is 2.20. The molecule has 17 heavy (non-hydrogen) atoms. The third-order valence-electron chi connectivity index (χ3n) is 3.04. The molecule has 2 atom stereocenters. The van der Waals surface area contributed by atoms with E-state index in [0.717, 1.165) is 0 Å². The number of carbonyl (C=O) groups is 2. The fourth-order valence-corrected chi connectivity index (χ4v) is 0.948. The van der Waals surface area contributed by atoms with E-state index in [1.165, 1.54) is 0 Å². The van der Waals surface area contributed by atoms with E-state index in [4.69, 9.17) is 5.11 Å². The van der Waals surface area contributed by atoms with Crippen molar-refractivity contribution in [1.82, 2.24) is 10.6 Å². The van der Waals surface area contributed by atoms with Crippen LogP contribution in [0.5, 0.6) is 0 Å². The van der Waals surface area contributed by atoms with E-state index >= 15 is 0 Å². The van der Waals surface area contributed by atoms with E-state index < -0.39 is 11.9 Å². The molecule has 3 N–H and O–H groups in total. The number of carbonyl (C=O) groups excluding carboxylic acids is 1. The summed E-state index contributed by atoms with van der Waals surface area (Å²) in [6.45, 7) is 10.7. The van der Waals surface area contributed by atoms with Gasteiger partial charge in [0.25, 0.3) is 0 Å². The lowest BCUT2D eigenvalue weighted by molar-refractivity contribution is -0.140. The normalized spacial score (nSPS) is 14.9. The van der Waals surface area contributed by atoms with Crippen molar-refractivity contribution in [2.45, 2.75) is 34.6 Å². The number of amides is 2. The van der Waals surface area contributed by atoms with E-state index in [0.29, 0.717) is 12.5 Å². The minimum atomic E-state index is -0.909. The largest absolute Gasteiger partial charge is 0.481 e. The molecule has 0 bridgehead atoms. The molecule has 0 radical (unpaired) electrons. The Labute approximate surface area is 103 Å². The van der Waals surface area contributed by atoms with Crippen molar-refractivity contribution in [2.75, 3.05) is 13.1 Å². The average molecular weight is 244 g/mol. The highest BCUT2D eigenvalue weighted by Gasteiger charge is 2.20. The molecular weight excluding hydrogens is 220 g/mol. The highest BCUT2D eigenvalue weighted by molar-refractivity contribution is 5.75. The van der Waals surface area contributed by atoms with Gasteiger partial charge in [-0.05, 0) is 11.3 Å². The minimum absolute atomic E-state index is 0.141. The number of aliphatic carboxylic acids is 1. The van der Waals surface area contributed by atoms with Crippen molar-refractivity contribution in [2.24, 2.45) is 17.3 Å². The molecule has 0 heterocycles. The number of carboxylic acids is 1. The van der Waals surface area contributed by atoms with Crippen LogP contribution in [0.2, 0.25) is 0 Å². The molecule has 100 valence electrons. The number of carboxylic acid groups (broad SMARTS) is 1. The van der Waals surface area contributed by atoms with Crippen molar-refractivity contribution in [3.63, 3.8) is 0 Å². The second-order valence-electron chi connectivity index (χ2n) is 5.60. The van der Waals surface area contributed by atoms with Gasteiger partial charge in [-0.2, -0.15) is 0 Å². The van der Waals surface area contributed by atoms with Crippen LogP contribution < -0.4 is 10.6 Å². The van der Waals surface area contributed by atoms with Gasteiger partial charge in [-0.1, -0.05) is 34.6 Å². The van der Waals surface area contributed by atoms with Crippen LogP contribution in [-0.4, -0.2) is 30.2 Å². The van der Waals surface area contributed by atoms with Crippen molar-refractivity contribution >= 4 is 12.0 Å². The molecule has 2 amide bonds. The molecule has 0 aromatic rings. The first-order valence-electron chi connectivity index (χ1n) is 5.89. The monoisotopic (exact) mass is 244 g/mol. The van der Waals surface area contributed by atoms with Gasteiger partial charge in [-0.15, -0.1) is 0 Å². The van der Waals surface area contributed by atoms with Crippen molar-refractivity contribution in [3.8, 4) is 0 Å². The Morgan fingerprint density at radius 3 is 2.00 bits per heavy atom. The summed E-state index contributed by atoms with van der Waals surface area (Å²) in [4.78, 5) is 21.9. The summed E-state index contributed by atoms with van der Waals surface area (Å²) in [6.07, 6.45) is 0. The summed E-state index contributed by atoms with van der Waals surface area (Å²) in [5.74, 6) is -1.13. The Hall–Kier alpha value is -1.26. The van der Waals surface area contributed by atoms with Crippen LogP contribution >= 0.6 is 0 Å². The Morgan fingerprint density at radius 1 is 1.12 bits per heavy atom. The fourth-order valence-electron chi connectivity index (χ4n) is 0.948. The number of nitrogens with one attached hydrogen (secondary N) is 2. The van der Waals surface area contributed by atoms with Gasteiger partial charge in [0.15, 0.2) is 0 Å². The van der Waals surface area contributed by atoms with Gasteiger partial charge < -0.3 is 15.7 Å². The van der Waals surface area contributed by atoms with Crippen LogP contribution in [0.4, 0.5) is 4.79 Å². The molecule has 0 aliphatic rings. The molecule has 0 saturated carbocycles. The van der Waals surface area contributed by atoms with Gasteiger partial charge in [-0.3, -0.25) is 4.79 Å². The lowest BCUT2D eigenvalue weighted by atomic mass is 9.82. The molecule has 0 fully saturated rings. The van der Waals surface area contributed by atoms with Crippen LogP contribution in [0.1, 0.15) is 34.6 Å². The Kier molecular flexibility index (Phi) is 5.99. The quantitative estimate of drug-likeness (QED) is 0.688. The molecule has 2 unspecified atom stereocenters. The first-order valence-corrected chi connectivity index (χ1v) is 5.89. The summed E-state index contributed by atoms with van der Waals surface area (Å²) in [7, 11) is 0. The van der Waals surface area contributed by atoms with Crippen LogP contribution in [0, 0.1) is 17.3 Å². The standard InChI is InChI=1S/C12H24N2O3/c1-8(10(15)16)6-13-11(17)14-7-9(2)12(3,4)5/h8-9H,6-7H2,1-5H3,(H,15,16)(H2,13,14,17). The highest BCUT2D eigenvalue weighted by Crippen LogP contribution is 2.24. The van der Waals surface area contributed by atoms with Gasteiger partial charge in [0.05, 0.1) is 5.92 Å². The van der Waals surface area contributed by atoms with E-state index in [2.05, 4.69) is 38.3 Å². The fraction of sp³-hybridized carbons (Fsp3) is 0.833. The lowest BCUT2D eigenvalue weighted by Crippen LogP contribution is -2.42. The second kappa shape index (κ2) is 6.47. The summed E-state index contributed by atoms with van der Waals surface area (Å²) in [5, 5.41) is 13.9. The summed E-state index contributed by atoms with van der Waals surface area (Å²) in [6, 6.07) is -0.311. The molecular formula is C12H24N2O3.